The number of hydrogen-bond donors (Lipinski definition) is 6. The molecule has 3 rings (SSSR count). The number of likely N-dealkylation sites (N-methyl/N-ethyl adjacent to an activating group) is 1. The standard InChI is InChI=1S/C41H70N4O11/c1-11-32-41(8,52)35(49)28(6)37(50)44-24(2)21-40(7,53-23-30(46)22-42-18-14-12-16-29-17-13-15-19-43-29)36(26(4)33(47)27(5)38(51)55-32)56-39-34(48)31(45(9)10)20-25(3)54-39/h13,15,17,19,24-28,30-32,34-36,39,42,46,48-49,52H,11-12,14,16,18,20-23H2,1-10H3,(H,44,50)/t24-,25-,26+,27-,28-,30+,31+,32-,34-,35-,36-,39+,40-,41-/m1/s1. The lowest BCUT2D eigenvalue weighted by Gasteiger charge is -2.47. The first-order chi connectivity index (χ1) is 26.2. The van der Waals surface area contributed by atoms with Gasteiger partial charge in [-0.15, -0.1) is 0 Å². The summed E-state index contributed by atoms with van der Waals surface area (Å²) in [5.41, 5.74) is -2.44. The second kappa shape index (κ2) is 21.4. The van der Waals surface area contributed by atoms with Crippen LogP contribution < -0.4 is 10.6 Å². The van der Waals surface area contributed by atoms with Crippen molar-refractivity contribution in [3.8, 4) is 0 Å². The SMILES string of the molecule is CC[C@H]1OC(=O)[C@H](C)C(=O)[C@H](C)[C@@H](O[C@@H]2O[C@H](C)C[C@H](N(C)C)[C@H]2O)[C@](C)(OC[C@@H](O)CNCCCCc2ccccn2)C[C@@H](C)NC(=O)[C@H](C)[C@@H](O)[C@]1(C)O. The van der Waals surface area contributed by atoms with Crippen molar-refractivity contribution in [1.29, 1.82) is 0 Å². The van der Waals surface area contributed by atoms with Gasteiger partial charge in [0, 0.05) is 36.4 Å². The summed E-state index contributed by atoms with van der Waals surface area (Å²) < 4.78 is 25.0. The number of hydrogen-bond acceptors (Lipinski definition) is 14. The molecule has 3 heterocycles. The number of amides is 1. The zero-order valence-corrected chi connectivity index (χ0v) is 35.1. The van der Waals surface area contributed by atoms with Gasteiger partial charge in [-0.25, -0.2) is 0 Å². The number of nitrogens with one attached hydrogen (secondary N) is 2. The van der Waals surface area contributed by atoms with Gasteiger partial charge in [0.05, 0.1) is 42.5 Å². The molecule has 2 aliphatic heterocycles. The largest absolute Gasteiger partial charge is 0.459 e. The third-order valence-corrected chi connectivity index (χ3v) is 11.5. The van der Waals surface area contributed by atoms with Gasteiger partial charge >= 0.3 is 5.97 Å². The summed E-state index contributed by atoms with van der Waals surface area (Å²) in [6.07, 6.45) is -2.57. The maximum Gasteiger partial charge on any atom is 0.316 e. The van der Waals surface area contributed by atoms with Crippen LogP contribution in [0.4, 0.5) is 0 Å². The minimum Gasteiger partial charge on any atom is -0.459 e. The van der Waals surface area contributed by atoms with Crippen LogP contribution in [-0.2, 0) is 39.8 Å². The summed E-state index contributed by atoms with van der Waals surface area (Å²) in [4.78, 5) is 47.7. The van der Waals surface area contributed by atoms with Gasteiger partial charge in [0.1, 0.15) is 23.7 Å². The Morgan fingerprint density at radius 1 is 1.07 bits per heavy atom. The lowest BCUT2D eigenvalue weighted by molar-refractivity contribution is -0.298. The van der Waals surface area contributed by atoms with E-state index in [2.05, 4.69) is 15.6 Å². The van der Waals surface area contributed by atoms with Crippen LogP contribution in [0.1, 0.15) is 93.2 Å². The molecule has 0 unspecified atom stereocenters. The third-order valence-electron chi connectivity index (χ3n) is 11.5. The smallest absolute Gasteiger partial charge is 0.316 e. The van der Waals surface area contributed by atoms with E-state index in [1.165, 1.54) is 20.8 Å². The average Bonchev–Trinajstić information content (AvgIpc) is 3.15. The van der Waals surface area contributed by atoms with E-state index in [1.54, 1.807) is 33.9 Å². The van der Waals surface area contributed by atoms with E-state index < -0.39 is 89.5 Å². The second-order valence-electron chi connectivity index (χ2n) is 16.7. The zero-order chi connectivity index (χ0) is 42.0. The van der Waals surface area contributed by atoms with Gasteiger partial charge in [0.25, 0.3) is 0 Å². The van der Waals surface area contributed by atoms with Crippen molar-refractivity contribution in [3.05, 3.63) is 30.1 Å². The Hall–Kier alpha value is -2.60. The van der Waals surface area contributed by atoms with Crippen molar-refractivity contribution < 1.29 is 53.8 Å². The van der Waals surface area contributed by atoms with Crippen molar-refractivity contribution in [1.82, 2.24) is 20.5 Å². The van der Waals surface area contributed by atoms with Crippen LogP contribution in [0, 0.1) is 17.8 Å². The molecule has 2 aliphatic rings. The molecule has 0 bridgehead atoms. The molecule has 0 saturated carbocycles. The summed E-state index contributed by atoms with van der Waals surface area (Å²) in [5.74, 6) is -5.57. The number of carbonyl (C=O) groups is 3. The maximum atomic E-state index is 14.3. The fourth-order valence-electron chi connectivity index (χ4n) is 7.95. The molecule has 0 radical (unpaired) electrons. The van der Waals surface area contributed by atoms with Crippen molar-refractivity contribution in [2.75, 3.05) is 33.8 Å². The zero-order valence-electron chi connectivity index (χ0n) is 35.1. The molecule has 0 aliphatic carbocycles. The van der Waals surface area contributed by atoms with Crippen LogP contribution in [0.3, 0.4) is 0 Å². The fraction of sp³-hybridized carbons (Fsp3) is 0.805. The van der Waals surface area contributed by atoms with Gasteiger partial charge in [0.15, 0.2) is 12.1 Å². The number of Topliss-reactive ketones (excluding diaryl/α,β-unsaturated/α-hetero) is 1. The van der Waals surface area contributed by atoms with Gasteiger partial charge in [-0.05, 0) is 106 Å². The molecule has 0 spiro atoms. The highest BCUT2D eigenvalue weighted by molar-refractivity contribution is 6.00. The van der Waals surface area contributed by atoms with Crippen molar-refractivity contribution >= 4 is 17.7 Å². The minimum absolute atomic E-state index is 0.0415. The summed E-state index contributed by atoms with van der Waals surface area (Å²) >= 11 is 0. The second-order valence-corrected chi connectivity index (χ2v) is 16.7. The van der Waals surface area contributed by atoms with E-state index in [9.17, 15) is 34.8 Å². The Kier molecular flexibility index (Phi) is 18.3. The number of aryl methyl sites for hydroxylation is 1. The van der Waals surface area contributed by atoms with Crippen LogP contribution in [0.25, 0.3) is 0 Å². The summed E-state index contributed by atoms with van der Waals surface area (Å²) in [6.45, 7) is 13.4. The molecule has 1 aromatic rings. The molecule has 15 heteroatoms. The number of rotatable bonds is 14. The molecule has 6 N–H and O–H groups in total. The summed E-state index contributed by atoms with van der Waals surface area (Å²) in [6, 6.07) is 4.85. The number of cyclic esters (lactones) is 1. The number of aromatic nitrogens is 1. The van der Waals surface area contributed by atoms with E-state index in [0.29, 0.717) is 13.0 Å². The highest BCUT2D eigenvalue weighted by atomic mass is 16.7. The van der Waals surface area contributed by atoms with Crippen LogP contribution in [-0.4, -0.2) is 148 Å². The maximum absolute atomic E-state index is 14.3. The number of ether oxygens (including phenoxy) is 4. The molecule has 320 valence electrons. The van der Waals surface area contributed by atoms with Gasteiger partial charge < -0.3 is 54.9 Å². The summed E-state index contributed by atoms with van der Waals surface area (Å²) in [7, 11) is 3.69. The average molecular weight is 795 g/mol. The Morgan fingerprint density at radius 3 is 2.39 bits per heavy atom. The molecule has 15 nitrogen and oxygen atoms in total. The van der Waals surface area contributed by atoms with E-state index in [0.717, 1.165) is 25.0 Å². The first-order valence-corrected chi connectivity index (χ1v) is 20.3. The lowest BCUT2D eigenvalue weighted by Crippen LogP contribution is -2.60. The molecule has 0 aromatic carbocycles. The molecule has 2 fully saturated rings. The topological polar surface area (TPSA) is 209 Å². The van der Waals surface area contributed by atoms with Crippen LogP contribution in [0.5, 0.6) is 0 Å². The quantitative estimate of drug-likeness (QED) is 0.0902. The molecule has 2 saturated heterocycles. The van der Waals surface area contributed by atoms with Gasteiger partial charge in [0.2, 0.25) is 5.91 Å². The number of carbonyl (C=O) groups excluding carboxylic acids is 3. The number of esters is 1. The van der Waals surface area contributed by atoms with E-state index in [1.807, 2.05) is 44.1 Å². The number of ketones is 1. The Balaban J connectivity index is 1.95. The Morgan fingerprint density at radius 2 is 1.77 bits per heavy atom. The molecular weight excluding hydrogens is 724 g/mol. The lowest BCUT2D eigenvalue weighted by atomic mass is 9.79. The van der Waals surface area contributed by atoms with Crippen molar-refractivity contribution in [2.24, 2.45) is 17.8 Å². The summed E-state index contributed by atoms with van der Waals surface area (Å²) in [5, 5.41) is 51.5. The number of aliphatic hydroxyl groups is 4. The Labute approximate surface area is 333 Å². The van der Waals surface area contributed by atoms with E-state index in [4.69, 9.17) is 18.9 Å². The van der Waals surface area contributed by atoms with Crippen molar-refractivity contribution in [3.63, 3.8) is 0 Å². The number of pyridine rings is 1. The molecule has 56 heavy (non-hydrogen) atoms. The van der Waals surface area contributed by atoms with E-state index in [-0.39, 0.29) is 38.1 Å². The first kappa shape index (κ1) is 47.8. The number of unbranched alkanes of at least 4 members (excludes halogenated alkanes) is 1. The highest BCUT2D eigenvalue weighted by Crippen LogP contribution is 2.36. The third kappa shape index (κ3) is 12.7. The van der Waals surface area contributed by atoms with Crippen LogP contribution >= 0.6 is 0 Å². The minimum atomic E-state index is -2.03. The number of aliphatic hydroxyl groups excluding tert-OH is 3. The number of nitrogens with zero attached hydrogens (tertiary/aromatic N) is 2. The highest BCUT2D eigenvalue weighted by Gasteiger charge is 2.51. The molecule has 1 amide bonds. The van der Waals surface area contributed by atoms with Gasteiger partial charge in [-0.1, -0.05) is 26.8 Å². The van der Waals surface area contributed by atoms with Gasteiger partial charge in [-0.3, -0.25) is 19.4 Å². The Bertz CT molecular complexity index is 1390. The molecule has 1 aromatic heterocycles. The van der Waals surface area contributed by atoms with Crippen molar-refractivity contribution in [2.45, 2.75) is 160 Å². The van der Waals surface area contributed by atoms with Crippen LogP contribution in [0.2, 0.25) is 0 Å². The first-order valence-electron chi connectivity index (χ1n) is 20.3. The fourth-order valence-corrected chi connectivity index (χ4v) is 7.95. The van der Waals surface area contributed by atoms with Gasteiger partial charge in [-0.2, -0.15) is 0 Å². The predicted octanol–water partition coefficient (Wildman–Crippen LogP) is 1.76. The predicted molar refractivity (Wildman–Crippen MR) is 209 cm³/mol. The monoisotopic (exact) mass is 795 g/mol. The van der Waals surface area contributed by atoms with E-state index >= 15 is 0 Å². The van der Waals surface area contributed by atoms with Crippen LogP contribution in [0.15, 0.2) is 24.4 Å². The normalized spacial score (nSPS) is 37.3. The molecular formula is C41H70N4O11. The molecule has 14 atom stereocenters.